The second-order valence-corrected chi connectivity index (χ2v) is 7.69. The molecule has 1 aliphatic carbocycles. The summed E-state index contributed by atoms with van der Waals surface area (Å²) in [6.07, 6.45) is 4.09. The van der Waals surface area contributed by atoms with E-state index in [1.54, 1.807) is 29.8 Å². The molecule has 1 atom stereocenters. The highest BCUT2D eigenvalue weighted by molar-refractivity contribution is 5.73. The molecule has 158 valence electrons. The number of hydrogen-bond donors (Lipinski definition) is 1. The molecule has 0 saturated heterocycles. The Morgan fingerprint density at radius 3 is 2.60 bits per heavy atom. The van der Waals surface area contributed by atoms with Crippen LogP contribution >= 0.6 is 0 Å². The maximum atomic E-state index is 14.7. The second kappa shape index (κ2) is 8.30. The molecule has 0 spiro atoms. The number of benzene rings is 1. The number of nitrogens with one attached hydrogen (secondary N) is 1. The topological polar surface area (TPSA) is 64.9 Å². The van der Waals surface area contributed by atoms with E-state index in [2.05, 4.69) is 10.4 Å². The lowest BCUT2D eigenvalue weighted by Crippen LogP contribution is -2.35. The van der Waals surface area contributed by atoms with Crippen LogP contribution in [-0.4, -0.2) is 34.8 Å². The van der Waals surface area contributed by atoms with E-state index in [0.29, 0.717) is 23.8 Å². The van der Waals surface area contributed by atoms with E-state index < -0.39 is 11.6 Å². The van der Waals surface area contributed by atoms with Gasteiger partial charge in [-0.15, -0.1) is 0 Å². The number of fused-ring (bicyclic) bond motifs is 1. The molecule has 1 aromatic carbocycles. The van der Waals surface area contributed by atoms with E-state index in [-0.39, 0.29) is 35.6 Å². The Morgan fingerprint density at radius 2 is 1.93 bits per heavy atom. The quantitative estimate of drug-likeness (QED) is 0.605. The minimum Gasteiger partial charge on any atom is -0.492 e. The lowest BCUT2D eigenvalue weighted by molar-refractivity contribution is -0.119. The number of carbonyl (C=O) groups excluding carboxylic acids is 1. The molecule has 0 aliphatic heterocycles. The fourth-order valence-electron chi connectivity index (χ4n) is 3.16. The maximum Gasteiger partial charge on any atom is 0.217 e. The van der Waals surface area contributed by atoms with Crippen molar-refractivity contribution in [2.45, 2.75) is 32.7 Å². The van der Waals surface area contributed by atoms with Crippen LogP contribution in [-0.2, 0) is 4.79 Å². The lowest BCUT2D eigenvalue weighted by atomic mass is 10.1. The van der Waals surface area contributed by atoms with Crippen molar-refractivity contribution < 1.29 is 23.0 Å². The summed E-state index contributed by atoms with van der Waals surface area (Å²) in [6.45, 7) is 3.89. The number of pyridine rings is 1. The third-order valence-corrected chi connectivity index (χ3v) is 4.84. The number of amides is 1. The highest BCUT2D eigenvalue weighted by atomic mass is 19.1. The monoisotopic (exact) mass is 415 g/mol. The minimum atomic E-state index is -0.772. The molecule has 0 radical (unpaired) electrons. The highest BCUT2D eigenvalue weighted by Gasteiger charge is 2.22. The van der Waals surface area contributed by atoms with Crippen molar-refractivity contribution in [1.82, 2.24) is 14.9 Å². The van der Waals surface area contributed by atoms with Crippen LogP contribution in [0, 0.1) is 17.6 Å². The summed E-state index contributed by atoms with van der Waals surface area (Å²) in [5.74, 6) is -0.408. The summed E-state index contributed by atoms with van der Waals surface area (Å²) >= 11 is 0. The van der Waals surface area contributed by atoms with Gasteiger partial charge in [0.05, 0.1) is 35.6 Å². The molecule has 1 aliphatic rings. The van der Waals surface area contributed by atoms with Gasteiger partial charge in [0.1, 0.15) is 29.7 Å². The van der Waals surface area contributed by atoms with Crippen LogP contribution in [0.2, 0.25) is 0 Å². The van der Waals surface area contributed by atoms with Crippen LogP contribution in [0.3, 0.4) is 0 Å². The number of aromatic nitrogens is 2. The van der Waals surface area contributed by atoms with Crippen LogP contribution in [0.5, 0.6) is 11.5 Å². The van der Waals surface area contributed by atoms with Gasteiger partial charge in [0.15, 0.2) is 0 Å². The molecular formula is C22H23F2N3O3. The average Bonchev–Trinajstić information content (AvgIpc) is 3.41. The summed E-state index contributed by atoms with van der Waals surface area (Å²) < 4.78 is 42.1. The van der Waals surface area contributed by atoms with Crippen molar-refractivity contribution in [3.63, 3.8) is 0 Å². The molecule has 0 bridgehead atoms. The third-order valence-electron chi connectivity index (χ3n) is 4.84. The Kier molecular flexibility index (Phi) is 5.57. The first kappa shape index (κ1) is 20.1. The normalized spacial score (nSPS) is 14.5. The molecule has 1 saturated carbocycles. The SMILES string of the molecule is CC(=O)N[C@@H](C)COc1cc(F)c(-c2cc3ccc(OCC4CC4)cn3n2)c(F)c1. The zero-order chi connectivity index (χ0) is 21.3. The van der Waals surface area contributed by atoms with Crippen molar-refractivity contribution in [2.75, 3.05) is 13.2 Å². The predicted octanol–water partition coefficient (Wildman–Crippen LogP) is 3.97. The second-order valence-electron chi connectivity index (χ2n) is 7.69. The molecule has 0 unspecified atom stereocenters. The molecule has 4 rings (SSSR count). The van der Waals surface area contributed by atoms with Crippen LogP contribution < -0.4 is 14.8 Å². The number of hydrogen-bond acceptors (Lipinski definition) is 4. The molecule has 2 aromatic heterocycles. The average molecular weight is 415 g/mol. The van der Waals surface area contributed by atoms with Gasteiger partial charge in [-0.05, 0) is 43.9 Å². The van der Waals surface area contributed by atoms with Gasteiger partial charge in [0.2, 0.25) is 5.91 Å². The molecule has 3 aromatic rings. The van der Waals surface area contributed by atoms with E-state index in [9.17, 15) is 13.6 Å². The fourth-order valence-corrected chi connectivity index (χ4v) is 3.16. The first-order chi connectivity index (χ1) is 14.4. The van der Waals surface area contributed by atoms with Crippen LogP contribution in [0.25, 0.3) is 16.8 Å². The molecule has 1 N–H and O–H groups in total. The Hall–Kier alpha value is -3.16. The largest absolute Gasteiger partial charge is 0.492 e. The van der Waals surface area contributed by atoms with E-state index >= 15 is 0 Å². The predicted molar refractivity (Wildman–Crippen MR) is 108 cm³/mol. The van der Waals surface area contributed by atoms with Crippen LogP contribution in [0.15, 0.2) is 36.5 Å². The number of halogens is 2. The number of carbonyl (C=O) groups is 1. The van der Waals surface area contributed by atoms with Gasteiger partial charge in [-0.3, -0.25) is 4.79 Å². The highest BCUT2D eigenvalue weighted by Crippen LogP contribution is 2.31. The maximum absolute atomic E-state index is 14.7. The van der Waals surface area contributed by atoms with Gasteiger partial charge in [0, 0.05) is 19.1 Å². The van der Waals surface area contributed by atoms with E-state index in [4.69, 9.17) is 9.47 Å². The minimum absolute atomic E-state index is 0.0467. The first-order valence-corrected chi connectivity index (χ1v) is 9.90. The Morgan fingerprint density at radius 1 is 1.20 bits per heavy atom. The molecule has 30 heavy (non-hydrogen) atoms. The lowest BCUT2D eigenvalue weighted by Gasteiger charge is -2.14. The van der Waals surface area contributed by atoms with E-state index in [0.717, 1.165) is 12.1 Å². The van der Waals surface area contributed by atoms with Crippen LogP contribution in [0.4, 0.5) is 8.78 Å². The van der Waals surface area contributed by atoms with Gasteiger partial charge < -0.3 is 14.8 Å². The van der Waals surface area contributed by atoms with Crippen molar-refractivity contribution >= 4 is 11.4 Å². The summed E-state index contributed by atoms with van der Waals surface area (Å²) in [4.78, 5) is 11.0. The Bertz CT molecular complexity index is 1060. The van der Waals surface area contributed by atoms with Crippen molar-refractivity contribution in [3.8, 4) is 22.8 Å². The summed E-state index contributed by atoms with van der Waals surface area (Å²) in [6, 6.07) is 7.19. The van der Waals surface area contributed by atoms with E-state index in [1.165, 1.54) is 19.8 Å². The van der Waals surface area contributed by atoms with Crippen LogP contribution in [0.1, 0.15) is 26.7 Å². The van der Waals surface area contributed by atoms with Gasteiger partial charge >= 0.3 is 0 Å². The Balaban J connectivity index is 1.52. The molecular weight excluding hydrogens is 392 g/mol. The zero-order valence-electron chi connectivity index (χ0n) is 16.8. The molecule has 1 fully saturated rings. The van der Waals surface area contributed by atoms with Gasteiger partial charge in [-0.2, -0.15) is 5.10 Å². The molecule has 1 amide bonds. The summed E-state index contributed by atoms with van der Waals surface area (Å²) in [5, 5.41) is 6.96. The van der Waals surface area contributed by atoms with Crippen molar-refractivity contribution in [2.24, 2.45) is 5.92 Å². The summed E-state index contributed by atoms with van der Waals surface area (Å²) in [5.41, 5.74) is 0.663. The standard InChI is InChI=1S/C22H23F2N3O3/c1-13(25-14(2)28)11-29-18-8-19(23)22(20(24)9-18)21-7-16-5-6-17(10-27(16)26-21)30-12-15-3-4-15/h5-10,13,15H,3-4,11-12H2,1-2H3,(H,25,28)/t13-/m0/s1. The van der Waals surface area contributed by atoms with Gasteiger partial charge in [-0.1, -0.05) is 0 Å². The zero-order valence-corrected chi connectivity index (χ0v) is 16.8. The van der Waals surface area contributed by atoms with E-state index in [1.807, 2.05) is 6.07 Å². The molecule has 2 heterocycles. The smallest absolute Gasteiger partial charge is 0.217 e. The van der Waals surface area contributed by atoms with Gasteiger partial charge in [-0.25, -0.2) is 13.3 Å². The Labute approximate surface area is 172 Å². The number of ether oxygens (including phenoxy) is 2. The molecule has 6 nitrogen and oxygen atoms in total. The number of nitrogens with zero attached hydrogens (tertiary/aromatic N) is 2. The molecule has 8 heteroatoms. The van der Waals surface area contributed by atoms with Crippen molar-refractivity contribution in [1.29, 1.82) is 0 Å². The fraction of sp³-hybridized carbons (Fsp3) is 0.364. The van der Waals surface area contributed by atoms with Gasteiger partial charge in [0.25, 0.3) is 0 Å². The number of rotatable bonds is 8. The first-order valence-electron chi connectivity index (χ1n) is 9.90. The third kappa shape index (κ3) is 4.69. The van der Waals surface area contributed by atoms with Crippen molar-refractivity contribution in [3.05, 3.63) is 48.2 Å². The summed E-state index contributed by atoms with van der Waals surface area (Å²) in [7, 11) is 0.